The summed E-state index contributed by atoms with van der Waals surface area (Å²) in [4.78, 5) is 12.0. The van der Waals surface area contributed by atoms with Crippen LogP contribution in [0.25, 0.3) is 0 Å². The highest BCUT2D eigenvalue weighted by atomic mass is 79.9. The third-order valence-electron chi connectivity index (χ3n) is 2.37. The normalized spacial score (nSPS) is 11.3. The van der Waals surface area contributed by atoms with E-state index in [1.807, 2.05) is 13.0 Å². The number of esters is 1. The quantitative estimate of drug-likeness (QED) is 0.843. The van der Waals surface area contributed by atoms with Crippen LogP contribution in [0.3, 0.4) is 0 Å². The molecule has 0 saturated carbocycles. The monoisotopic (exact) mass is 330 g/mol. The lowest BCUT2D eigenvalue weighted by atomic mass is 10.1. The predicted molar refractivity (Wildman–Crippen MR) is 76.6 cm³/mol. The first-order chi connectivity index (χ1) is 8.76. The van der Waals surface area contributed by atoms with E-state index in [0.29, 0.717) is 22.4 Å². The van der Waals surface area contributed by atoms with Crippen molar-refractivity contribution in [1.29, 1.82) is 0 Å². The first-order valence-electron chi connectivity index (χ1n) is 6.07. The molecule has 1 aromatic rings. The van der Waals surface area contributed by atoms with Crippen molar-refractivity contribution in [2.45, 2.75) is 33.3 Å². The fourth-order valence-electron chi connectivity index (χ4n) is 1.50. The molecule has 1 aromatic carbocycles. The van der Waals surface area contributed by atoms with Crippen molar-refractivity contribution >= 4 is 21.9 Å². The van der Waals surface area contributed by atoms with Crippen LogP contribution in [0.5, 0.6) is 5.75 Å². The lowest BCUT2D eigenvalue weighted by Crippen LogP contribution is -2.28. The highest BCUT2D eigenvalue weighted by Crippen LogP contribution is 2.32. The summed E-state index contributed by atoms with van der Waals surface area (Å²) in [5.41, 5.74) is 0.183. The molecule has 0 aromatic heterocycles. The third-order valence-corrected chi connectivity index (χ3v) is 2.99. The molecule has 0 saturated heterocycles. The Labute approximate surface area is 121 Å². The van der Waals surface area contributed by atoms with E-state index in [-0.39, 0.29) is 6.61 Å². The van der Waals surface area contributed by atoms with Crippen LogP contribution in [0.1, 0.15) is 36.7 Å². The van der Waals surface area contributed by atoms with Gasteiger partial charge in [0.15, 0.2) is 0 Å². The number of halogens is 1. The Hall–Kier alpha value is -1.07. The molecule has 0 heterocycles. The molecule has 4 nitrogen and oxygen atoms in total. The lowest BCUT2D eigenvalue weighted by Gasteiger charge is -2.20. The van der Waals surface area contributed by atoms with Crippen molar-refractivity contribution in [3.8, 4) is 5.75 Å². The van der Waals surface area contributed by atoms with Crippen LogP contribution in [0.15, 0.2) is 16.6 Å². The molecular formula is C14H19BrO4. The largest absolute Gasteiger partial charge is 0.489 e. The second-order valence-corrected chi connectivity index (χ2v) is 5.74. The molecule has 0 bridgehead atoms. The van der Waals surface area contributed by atoms with Gasteiger partial charge in [-0.05, 0) is 55.3 Å². The summed E-state index contributed by atoms with van der Waals surface area (Å²) in [6.07, 6.45) is 0. The zero-order valence-corrected chi connectivity index (χ0v) is 13.2. The molecule has 1 N–H and O–H groups in total. The molecule has 1 rings (SSSR count). The van der Waals surface area contributed by atoms with Crippen molar-refractivity contribution in [3.05, 3.63) is 27.7 Å². The van der Waals surface area contributed by atoms with Gasteiger partial charge in [0.1, 0.15) is 17.9 Å². The number of rotatable bonds is 5. The van der Waals surface area contributed by atoms with E-state index >= 15 is 0 Å². The molecule has 0 aliphatic heterocycles. The number of hydrogen-bond donors (Lipinski definition) is 1. The molecule has 0 unspecified atom stereocenters. The highest BCUT2D eigenvalue weighted by Gasteiger charge is 2.22. The van der Waals surface area contributed by atoms with E-state index in [4.69, 9.17) is 9.47 Å². The first-order valence-corrected chi connectivity index (χ1v) is 6.87. The molecule has 0 spiro atoms. The van der Waals surface area contributed by atoms with Gasteiger partial charge in [0.2, 0.25) is 0 Å². The Morgan fingerprint density at radius 3 is 2.58 bits per heavy atom. The number of aryl methyl sites for hydroxylation is 1. The number of ether oxygens (including phenoxy) is 2. The number of aliphatic hydroxyl groups is 1. The second-order valence-electron chi connectivity index (χ2n) is 4.89. The number of hydrogen-bond acceptors (Lipinski definition) is 4. The molecule has 0 radical (unpaired) electrons. The maximum atomic E-state index is 12.0. The maximum Gasteiger partial charge on any atom is 0.342 e. The van der Waals surface area contributed by atoms with Crippen molar-refractivity contribution in [3.63, 3.8) is 0 Å². The highest BCUT2D eigenvalue weighted by molar-refractivity contribution is 9.10. The predicted octanol–water partition coefficient (Wildman–Crippen LogP) is 3.08. The maximum absolute atomic E-state index is 12.0. The summed E-state index contributed by atoms with van der Waals surface area (Å²) >= 11 is 3.35. The van der Waals surface area contributed by atoms with E-state index < -0.39 is 11.6 Å². The lowest BCUT2D eigenvalue weighted by molar-refractivity contribution is 0.0265. The minimum atomic E-state index is -0.977. The summed E-state index contributed by atoms with van der Waals surface area (Å²) in [7, 11) is 0. The standard InChI is InChI=1S/C14H19BrO4/c1-5-18-13(16)11-9(2)6-7-10(15)12(11)19-8-14(3,4)17/h6-7,17H,5,8H2,1-4H3. The van der Waals surface area contributed by atoms with Gasteiger partial charge < -0.3 is 14.6 Å². The van der Waals surface area contributed by atoms with Gasteiger partial charge in [0, 0.05) is 0 Å². The SMILES string of the molecule is CCOC(=O)c1c(C)ccc(Br)c1OCC(C)(C)O. The van der Waals surface area contributed by atoms with Crippen LogP contribution in [0.4, 0.5) is 0 Å². The third kappa shape index (κ3) is 4.51. The average molecular weight is 331 g/mol. The Morgan fingerprint density at radius 1 is 1.42 bits per heavy atom. The van der Waals surface area contributed by atoms with Crippen LogP contribution in [0.2, 0.25) is 0 Å². The van der Waals surface area contributed by atoms with Crippen molar-refractivity contribution in [1.82, 2.24) is 0 Å². The van der Waals surface area contributed by atoms with Gasteiger partial charge >= 0.3 is 5.97 Å². The van der Waals surface area contributed by atoms with Crippen LogP contribution < -0.4 is 4.74 Å². The Balaban J connectivity index is 3.13. The molecule has 0 aliphatic rings. The number of carbonyl (C=O) groups is 1. The van der Waals surface area contributed by atoms with Gasteiger partial charge in [0.25, 0.3) is 0 Å². The van der Waals surface area contributed by atoms with E-state index in [2.05, 4.69) is 15.9 Å². The van der Waals surface area contributed by atoms with Crippen molar-refractivity contribution in [2.75, 3.05) is 13.2 Å². The van der Waals surface area contributed by atoms with Crippen LogP contribution >= 0.6 is 15.9 Å². The Morgan fingerprint density at radius 2 is 2.05 bits per heavy atom. The average Bonchev–Trinajstić information content (AvgIpc) is 2.29. The molecule has 0 aliphatic carbocycles. The molecule has 0 atom stereocenters. The van der Waals surface area contributed by atoms with E-state index in [9.17, 15) is 9.90 Å². The smallest absolute Gasteiger partial charge is 0.342 e. The van der Waals surface area contributed by atoms with Crippen molar-refractivity contribution < 1.29 is 19.4 Å². The van der Waals surface area contributed by atoms with Gasteiger partial charge in [-0.3, -0.25) is 0 Å². The fourth-order valence-corrected chi connectivity index (χ4v) is 1.95. The summed E-state index contributed by atoms with van der Waals surface area (Å²) in [6, 6.07) is 3.62. The minimum absolute atomic E-state index is 0.0848. The molecule has 19 heavy (non-hydrogen) atoms. The first kappa shape index (κ1) is 16.0. The van der Waals surface area contributed by atoms with Gasteiger partial charge in [-0.25, -0.2) is 4.79 Å². The topological polar surface area (TPSA) is 55.8 Å². The number of benzene rings is 1. The van der Waals surface area contributed by atoms with Gasteiger partial charge in [0.05, 0.1) is 16.7 Å². The molecule has 0 fully saturated rings. The molecule has 106 valence electrons. The van der Waals surface area contributed by atoms with Crippen molar-refractivity contribution in [2.24, 2.45) is 0 Å². The molecule has 5 heteroatoms. The van der Waals surface area contributed by atoms with Gasteiger partial charge in [-0.2, -0.15) is 0 Å². The zero-order chi connectivity index (χ0) is 14.6. The molecule has 0 amide bonds. The van der Waals surface area contributed by atoms with Gasteiger partial charge in [-0.1, -0.05) is 6.07 Å². The fraction of sp³-hybridized carbons (Fsp3) is 0.500. The zero-order valence-electron chi connectivity index (χ0n) is 11.6. The number of carbonyl (C=O) groups excluding carboxylic acids is 1. The summed E-state index contributed by atoms with van der Waals surface area (Å²) in [5.74, 6) is -0.0207. The van der Waals surface area contributed by atoms with Gasteiger partial charge in [-0.15, -0.1) is 0 Å². The minimum Gasteiger partial charge on any atom is -0.489 e. The summed E-state index contributed by atoms with van der Waals surface area (Å²) in [5, 5.41) is 9.72. The van der Waals surface area contributed by atoms with E-state index in [0.717, 1.165) is 5.56 Å². The van der Waals surface area contributed by atoms with E-state index in [1.54, 1.807) is 26.8 Å². The van der Waals surface area contributed by atoms with Crippen LogP contribution in [-0.4, -0.2) is 29.9 Å². The Kier molecular flexibility index (Phi) is 5.38. The van der Waals surface area contributed by atoms with Crippen LogP contribution in [0, 0.1) is 6.92 Å². The summed E-state index contributed by atoms with van der Waals surface area (Å²) in [6.45, 7) is 7.23. The molecular weight excluding hydrogens is 312 g/mol. The second kappa shape index (κ2) is 6.39. The summed E-state index contributed by atoms with van der Waals surface area (Å²) < 4.78 is 11.3. The Bertz CT molecular complexity index is 463. The van der Waals surface area contributed by atoms with Crippen LogP contribution in [-0.2, 0) is 4.74 Å². The van der Waals surface area contributed by atoms with E-state index in [1.165, 1.54) is 0 Å².